The van der Waals surface area contributed by atoms with Crippen molar-refractivity contribution in [2.75, 3.05) is 0 Å². The SMILES string of the molecule is Cc1csc(C(C)NCc2ccc(CC(=O)O)cc2)n1. The normalized spacial score (nSPS) is 12.3. The minimum atomic E-state index is -0.802. The molecule has 5 heteroatoms. The number of benzene rings is 1. The van der Waals surface area contributed by atoms with Gasteiger partial charge in [0.15, 0.2) is 0 Å². The summed E-state index contributed by atoms with van der Waals surface area (Å²) in [7, 11) is 0. The van der Waals surface area contributed by atoms with E-state index in [4.69, 9.17) is 5.11 Å². The number of carboxylic acid groups (broad SMARTS) is 1. The number of hydrogen-bond acceptors (Lipinski definition) is 4. The van der Waals surface area contributed by atoms with Crippen LogP contribution < -0.4 is 5.32 Å². The van der Waals surface area contributed by atoms with Gasteiger partial charge in [-0.05, 0) is 25.0 Å². The maximum absolute atomic E-state index is 10.6. The third-order valence-corrected chi connectivity index (χ3v) is 4.14. The van der Waals surface area contributed by atoms with Crippen LogP contribution in [0.4, 0.5) is 0 Å². The van der Waals surface area contributed by atoms with Gasteiger partial charge >= 0.3 is 5.97 Å². The lowest BCUT2D eigenvalue weighted by molar-refractivity contribution is -0.136. The first-order chi connectivity index (χ1) is 9.54. The van der Waals surface area contributed by atoms with Crippen LogP contribution in [0.1, 0.15) is 34.8 Å². The lowest BCUT2D eigenvalue weighted by atomic mass is 10.1. The summed E-state index contributed by atoms with van der Waals surface area (Å²) in [4.78, 5) is 15.1. The summed E-state index contributed by atoms with van der Waals surface area (Å²) in [5.74, 6) is -0.802. The van der Waals surface area contributed by atoms with E-state index in [0.29, 0.717) is 0 Å². The van der Waals surface area contributed by atoms with E-state index in [2.05, 4.69) is 17.2 Å². The molecule has 20 heavy (non-hydrogen) atoms. The molecule has 106 valence electrons. The molecule has 2 N–H and O–H groups in total. The molecule has 0 saturated heterocycles. The Morgan fingerprint density at radius 3 is 2.55 bits per heavy atom. The highest BCUT2D eigenvalue weighted by molar-refractivity contribution is 7.09. The summed E-state index contributed by atoms with van der Waals surface area (Å²) in [6, 6.07) is 7.87. The van der Waals surface area contributed by atoms with Gasteiger partial charge in [0.25, 0.3) is 0 Å². The Morgan fingerprint density at radius 1 is 1.35 bits per heavy atom. The van der Waals surface area contributed by atoms with E-state index in [1.54, 1.807) is 11.3 Å². The number of aliphatic carboxylic acids is 1. The molecule has 0 spiro atoms. The molecule has 1 aromatic heterocycles. The second-order valence-electron chi connectivity index (χ2n) is 4.82. The molecule has 2 rings (SSSR count). The first-order valence-electron chi connectivity index (χ1n) is 6.49. The van der Waals surface area contributed by atoms with Crippen molar-refractivity contribution in [3.8, 4) is 0 Å². The van der Waals surface area contributed by atoms with E-state index in [-0.39, 0.29) is 12.5 Å². The number of carboxylic acids is 1. The van der Waals surface area contributed by atoms with Crippen LogP contribution in [0.3, 0.4) is 0 Å². The highest BCUT2D eigenvalue weighted by atomic mass is 32.1. The molecule has 0 amide bonds. The largest absolute Gasteiger partial charge is 0.481 e. The number of rotatable bonds is 6. The van der Waals surface area contributed by atoms with E-state index in [1.165, 1.54) is 0 Å². The molecule has 1 aromatic carbocycles. The fraction of sp³-hybridized carbons (Fsp3) is 0.333. The van der Waals surface area contributed by atoms with Gasteiger partial charge < -0.3 is 10.4 Å². The van der Waals surface area contributed by atoms with Gasteiger partial charge in [0, 0.05) is 17.6 Å². The lowest BCUT2D eigenvalue weighted by Crippen LogP contribution is -2.18. The second kappa shape index (κ2) is 6.63. The fourth-order valence-electron chi connectivity index (χ4n) is 1.88. The number of carbonyl (C=O) groups is 1. The van der Waals surface area contributed by atoms with Crippen LogP contribution >= 0.6 is 11.3 Å². The maximum atomic E-state index is 10.6. The Bertz CT molecular complexity index is 578. The third-order valence-electron chi connectivity index (χ3n) is 3.00. The third kappa shape index (κ3) is 4.15. The molecule has 0 fully saturated rings. The zero-order chi connectivity index (χ0) is 14.5. The highest BCUT2D eigenvalue weighted by Crippen LogP contribution is 2.18. The van der Waals surface area contributed by atoms with Crippen molar-refractivity contribution in [1.29, 1.82) is 0 Å². The van der Waals surface area contributed by atoms with Gasteiger partial charge in [-0.2, -0.15) is 0 Å². The topological polar surface area (TPSA) is 62.2 Å². The summed E-state index contributed by atoms with van der Waals surface area (Å²) in [6.07, 6.45) is 0.0719. The van der Waals surface area contributed by atoms with Crippen LogP contribution in [0.2, 0.25) is 0 Å². The second-order valence-corrected chi connectivity index (χ2v) is 5.71. The van der Waals surface area contributed by atoms with Crippen molar-refractivity contribution >= 4 is 17.3 Å². The van der Waals surface area contributed by atoms with E-state index >= 15 is 0 Å². The summed E-state index contributed by atoms with van der Waals surface area (Å²) in [5, 5.41) is 15.3. The van der Waals surface area contributed by atoms with Gasteiger partial charge in [-0.3, -0.25) is 4.79 Å². The standard InChI is InChI=1S/C15H18N2O2S/c1-10-9-20-15(17-10)11(2)16-8-13-5-3-12(4-6-13)7-14(18)19/h3-6,9,11,16H,7-8H2,1-2H3,(H,18,19). The fourth-order valence-corrected chi connectivity index (χ4v) is 2.71. The molecular weight excluding hydrogens is 272 g/mol. The van der Waals surface area contributed by atoms with Crippen LogP contribution in [0.25, 0.3) is 0 Å². The molecule has 0 aliphatic rings. The van der Waals surface area contributed by atoms with Gasteiger partial charge in [-0.15, -0.1) is 11.3 Å². The Kier molecular flexibility index (Phi) is 4.87. The first kappa shape index (κ1) is 14.7. The minimum Gasteiger partial charge on any atom is -0.481 e. The van der Waals surface area contributed by atoms with Gasteiger partial charge in [-0.1, -0.05) is 24.3 Å². The number of nitrogens with zero attached hydrogens (tertiary/aromatic N) is 1. The van der Waals surface area contributed by atoms with E-state index in [1.807, 2.05) is 36.6 Å². The van der Waals surface area contributed by atoms with E-state index < -0.39 is 5.97 Å². The number of nitrogens with one attached hydrogen (secondary N) is 1. The average molecular weight is 290 g/mol. The van der Waals surface area contributed by atoms with Gasteiger partial charge in [0.1, 0.15) is 5.01 Å². The van der Waals surface area contributed by atoms with E-state index in [9.17, 15) is 4.79 Å². The Balaban J connectivity index is 1.89. The van der Waals surface area contributed by atoms with Crippen molar-refractivity contribution in [2.24, 2.45) is 0 Å². The summed E-state index contributed by atoms with van der Waals surface area (Å²) < 4.78 is 0. The average Bonchev–Trinajstić information content (AvgIpc) is 2.84. The predicted octanol–water partition coefficient (Wildman–Crippen LogP) is 2.93. The Labute approximate surface area is 122 Å². The molecule has 0 bridgehead atoms. The molecule has 1 atom stereocenters. The van der Waals surface area contributed by atoms with Crippen LogP contribution in [-0.2, 0) is 17.8 Å². The highest BCUT2D eigenvalue weighted by Gasteiger charge is 2.08. The minimum absolute atomic E-state index is 0.0719. The van der Waals surface area contributed by atoms with Crippen LogP contribution in [0.5, 0.6) is 0 Å². The number of aryl methyl sites for hydroxylation is 1. The molecule has 2 aromatic rings. The zero-order valence-corrected chi connectivity index (χ0v) is 12.4. The number of thiazole rings is 1. The monoisotopic (exact) mass is 290 g/mol. The van der Waals surface area contributed by atoms with Gasteiger partial charge in [0.2, 0.25) is 0 Å². The van der Waals surface area contributed by atoms with E-state index in [0.717, 1.165) is 28.4 Å². The van der Waals surface area contributed by atoms with Crippen molar-refractivity contribution in [1.82, 2.24) is 10.3 Å². The van der Waals surface area contributed by atoms with Crippen LogP contribution in [0, 0.1) is 6.92 Å². The predicted molar refractivity (Wildman–Crippen MR) is 79.9 cm³/mol. The van der Waals surface area contributed by atoms with Gasteiger partial charge in [-0.25, -0.2) is 4.98 Å². The number of hydrogen-bond donors (Lipinski definition) is 2. The van der Waals surface area contributed by atoms with Gasteiger partial charge in [0.05, 0.1) is 12.5 Å². The molecule has 1 unspecified atom stereocenters. The molecule has 0 aliphatic carbocycles. The molecule has 0 aliphatic heterocycles. The Morgan fingerprint density at radius 2 is 2.00 bits per heavy atom. The summed E-state index contributed by atoms with van der Waals surface area (Å²) in [6.45, 7) is 4.83. The zero-order valence-electron chi connectivity index (χ0n) is 11.6. The lowest BCUT2D eigenvalue weighted by Gasteiger charge is -2.11. The van der Waals surface area contributed by atoms with Crippen molar-refractivity contribution in [3.63, 3.8) is 0 Å². The first-order valence-corrected chi connectivity index (χ1v) is 7.37. The summed E-state index contributed by atoms with van der Waals surface area (Å²) in [5.41, 5.74) is 3.01. The maximum Gasteiger partial charge on any atom is 0.307 e. The quantitative estimate of drug-likeness (QED) is 0.858. The molecule has 0 radical (unpaired) electrons. The summed E-state index contributed by atoms with van der Waals surface area (Å²) >= 11 is 1.66. The molecule has 0 saturated carbocycles. The molecule has 1 heterocycles. The number of aromatic nitrogens is 1. The van der Waals surface area contributed by atoms with Crippen molar-refractivity contribution < 1.29 is 9.90 Å². The van der Waals surface area contributed by atoms with Crippen molar-refractivity contribution in [3.05, 3.63) is 51.5 Å². The van der Waals surface area contributed by atoms with Crippen LogP contribution in [-0.4, -0.2) is 16.1 Å². The molecular formula is C15H18N2O2S. The smallest absolute Gasteiger partial charge is 0.307 e. The molecule has 4 nitrogen and oxygen atoms in total. The van der Waals surface area contributed by atoms with Crippen LogP contribution in [0.15, 0.2) is 29.6 Å². The van der Waals surface area contributed by atoms with Crippen molar-refractivity contribution in [2.45, 2.75) is 32.9 Å². The Hall–Kier alpha value is -1.72.